The molecule has 1 heterocycles. The predicted molar refractivity (Wildman–Crippen MR) is 108 cm³/mol. The van der Waals surface area contributed by atoms with Crippen molar-refractivity contribution in [3.63, 3.8) is 0 Å². The SMILES string of the molecule is CCNC(=NCC1(O)CCCCC1)N1CCN(C(C)C(F)(F)F)CC1.I. The van der Waals surface area contributed by atoms with Crippen molar-refractivity contribution >= 4 is 29.9 Å². The van der Waals surface area contributed by atoms with E-state index in [1.54, 1.807) is 0 Å². The van der Waals surface area contributed by atoms with Gasteiger partial charge in [0.1, 0.15) is 6.04 Å². The van der Waals surface area contributed by atoms with Crippen molar-refractivity contribution < 1.29 is 18.3 Å². The largest absolute Gasteiger partial charge is 0.403 e. The van der Waals surface area contributed by atoms with Crippen molar-refractivity contribution in [2.24, 2.45) is 4.99 Å². The molecule has 1 atom stereocenters. The van der Waals surface area contributed by atoms with Crippen LogP contribution in [0.3, 0.4) is 0 Å². The van der Waals surface area contributed by atoms with Crippen molar-refractivity contribution in [3.05, 3.63) is 0 Å². The average molecular weight is 492 g/mol. The van der Waals surface area contributed by atoms with Gasteiger partial charge in [0.15, 0.2) is 5.96 Å². The van der Waals surface area contributed by atoms with Gasteiger partial charge in [-0.25, -0.2) is 0 Å². The Hall–Kier alpha value is -0.290. The van der Waals surface area contributed by atoms with Gasteiger partial charge in [-0.2, -0.15) is 13.2 Å². The second kappa shape index (κ2) is 10.3. The molecule has 1 unspecified atom stereocenters. The minimum absolute atomic E-state index is 0. The third kappa shape index (κ3) is 6.70. The maximum Gasteiger partial charge on any atom is 0.403 e. The number of alkyl halides is 3. The number of nitrogens with zero attached hydrogens (tertiary/aromatic N) is 3. The number of hydrogen-bond acceptors (Lipinski definition) is 3. The molecule has 2 fully saturated rings. The number of halogens is 4. The third-order valence-electron chi connectivity index (χ3n) is 5.28. The lowest BCUT2D eigenvalue weighted by Gasteiger charge is -2.40. The molecule has 1 saturated carbocycles. The van der Waals surface area contributed by atoms with Gasteiger partial charge in [-0.15, -0.1) is 24.0 Å². The van der Waals surface area contributed by atoms with Gasteiger partial charge in [0.2, 0.25) is 0 Å². The summed E-state index contributed by atoms with van der Waals surface area (Å²) in [7, 11) is 0. The number of nitrogens with one attached hydrogen (secondary N) is 1. The molecule has 0 aromatic rings. The molecule has 0 amide bonds. The molecule has 2 N–H and O–H groups in total. The van der Waals surface area contributed by atoms with E-state index in [0.717, 1.165) is 32.1 Å². The Bertz CT molecular complexity index is 448. The number of piperazine rings is 1. The van der Waals surface area contributed by atoms with E-state index in [2.05, 4.69) is 10.3 Å². The number of hydrogen-bond donors (Lipinski definition) is 2. The van der Waals surface area contributed by atoms with Crippen LogP contribution >= 0.6 is 24.0 Å². The van der Waals surface area contributed by atoms with Gasteiger partial charge >= 0.3 is 6.18 Å². The average Bonchev–Trinajstić information content (AvgIpc) is 2.58. The highest BCUT2D eigenvalue weighted by Crippen LogP contribution is 2.28. The molecule has 1 saturated heterocycles. The molecule has 2 rings (SSSR count). The molecule has 0 aromatic heterocycles. The van der Waals surface area contributed by atoms with Gasteiger partial charge in [-0.3, -0.25) is 9.89 Å². The molecule has 5 nitrogen and oxygen atoms in total. The third-order valence-corrected chi connectivity index (χ3v) is 5.28. The minimum atomic E-state index is -4.19. The molecule has 0 radical (unpaired) electrons. The normalized spacial score (nSPS) is 23.3. The second-order valence-corrected chi connectivity index (χ2v) is 7.20. The Morgan fingerprint density at radius 1 is 1.15 bits per heavy atom. The molecule has 0 aromatic carbocycles. The van der Waals surface area contributed by atoms with E-state index >= 15 is 0 Å². The van der Waals surface area contributed by atoms with Gasteiger partial charge < -0.3 is 15.3 Å². The monoisotopic (exact) mass is 492 g/mol. The van der Waals surface area contributed by atoms with E-state index in [1.165, 1.54) is 11.8 Å². The van der Waals surface area contributed by atoms with Crippen LogP contribution in [0.25, 0.3) is 0 Å². The van der Waals surface area contributed by atoms with Crippen LogP contribution in [-0.4, -0.2) is 78.0 Å². The summed E-state index contributed by atoms with van der Waals surface area (Å²) in [4.78, 5) is 8.05. The highest BCUT2D eigenvalue weighted by Gasteiger charge is 2.41. The van der Waals surface area contributed by atoms with Crippen LogP contribution in [0.5, 0.6) is 0 Å². The lowest BCUT2D eigenvalue weighted by molar-refractivity contribution is -0.181. The molecule has 1 aliphatic carbocycles. The van der Waals surface area contributed by atoms with Gasteiger partial charge in [0.25, 0.3) is 0 Å². The van der Waals surface area contributed by atoms with Gasteiger partial charge in [-0.1, -0.05) is 19.3 Å². The van der Waals surface area contributed by atoms with Crippen molar-refractivity contribution in [2.75, 3.05) is 39.3 Å². The molecular formula is C17H32F3IN4O. The maximum atomic E-state index is 12.9. The van der Waals surface area contributed by atoms with Crippen LogP contribution in [-0.2, 0) is 0 Å². The van der Waals surface area contributed by atoms with Crippen LogP contribution in [0.4, 0.5) is 13.2 Å². The first-order chi connectivity index (χ1) is 11.7. The Labute approximate surface area is 171 Å². The Kier molecular flexibility index (Phi) is 9.42. The standard InChI is InChI=1S/C17H31F3N4O.HI/c1-3-21-15(22-13-16(25)7-5-4-6-8-16)24-11-9-23(10-12-24)14(2)17(18,19)20;/h14,25H,3-13H2,1-2H3,(H,21,22);1H. The van der Waals surface area contributed by atoms with Crippen molar-refractivity contribution in [3.8, 4) is 0 Å². The molecule has 2 aliphatic rings. The number of aliphatic imine (C=N–C) groups is 1. The van der Waals surface area contributed by atoms with Gasteiger partial charge in [0, 0.05) is 32.7 Å². The van der Waals surface area contributed by atoms with Crippen LogP contribution < -0.4 is 5.32 Å². The second-order valence-electron chi connectivity index (χ2n) is 7.20. The minimum Gasteiger partial charge on any atom is -0.388 e. The fourth-order valence-electron chi connectivity index (χ4n) is 3.54. The summed E-state index contributed by atoms with van der Waals surface area (Å²) >= 11 is 0. The fourth-order valence-corrected chi connectivity index (χ4v) is 3.54. The van der Waals surface area contributed by atoms with Crippen molar-refractivity contribution in [1.82, 2.24) is 15.1 Å². The van der Waals surface area contributed by atoms with Crippen LogP contribution in [0, 0.1) is 0 Å². The smallest absolute Gasteiger partial charge is 0.388 e. The van der Waals surface area contributed by atoms with E-state index < -0.39 is 17.8 Å². The van der Waals surface area contributed by atoms with Gasteiger partial charge in [-0.05, 0) is 26.7 Å². The maximum absolute atomic E-state index is 12.9. The Balaban J connectivity index is 0.00000338. The molecule has 0 spiro atoms. The summed E-state index contributed by atoms with van der Waals surface area (Å²) in [6.45, 7) is 5.95. The van der Waals surface area contributed by atoms with Crippen molar-refractivity contribution in [1.29, 1.82) is 0 Å². The number of rotatable bonds is 4. The van der Waals surface area contributed by atoms with E-state index in [-0.39, 0.29) is 24.0 Å². The first kappa shape index (κ1) is 23.7. The zero-order valence-electron chi connectivity index (χ0n) is 15.7. The number of aliphatic hydroxyl groups is 1. The van der Waals surface area contributed by atoms with E-state index in [1.807, 2.05) is 11.8 Å². The van der Waals surface area contributed by atoms with Crippen LogP contribution in [0.15, 0.2) is 4.99 Å². The summed E-state index contributed by atoms with van der Waals surface area (Å²) in [6, 6.07) is -1.42. The molecule has 1 aliphatic heterocycles. The zero-order chi connectivity index (χ0) is 18.5. The zero-order valence-corrected chi connectivity index (χ0v) is 18.0. The summed E-state index contributed by atoms with van der Waals surface area (Å²) in [5.41, 5.74) is -0.731. The fraction of sp³-hybridized carbons (Fsp3) is 0.941. The van der Waals surface area contributed by atoms with Crippen LogP contribution in [0.1, 0.15) is 46.0 Å². The van der Waals surface area contributed by atoms with Gasteiger partial charge in [0.05, 0.1) is 12.1 Å². The lowest BCUT2D eigenvalue weighted by atomic mass is 9.85. The molecule has 154 valence electrons. The molecule has 26 heavy (non-hydrogen) atoms. The van der Waals surface area contributed by atoms with E-state index in [4.69, 9.17) is 0 Å². The highest BCUT2D eigenvalue weighted by atomic mass is 127. The molecule has 0 bridgehead atoms. The lowest BCUT2D eigenvalue weighted by Crippen LogP contribution is -2.57. The van der Waals surface area contributed by atoms with E-state index in [0.29, 0.717) is 45.2 Å². The summed E-state index contributed by atoms with van der Waals surface area (Å²) in [5.74, 6) is 0.695. The highest BCUT2D eigenvalue weighted by molar-refractivity contribution is 14.0. The summed E-state index contributed by atoms with van der Waals surface area (Å²) in [6.07, 6.45) is 0.559. The first-order valence-electron chi connectivity index (χ1n) is 9.31. The summed E-state index contributed by atoms with van der Waals surface area (Å²) in [5, 5.41) is 13.8. The topological polar surface area (TPSA) is 51.1 Å². The summed E-state index contributed by atoms with van der Waals surface area (Å²) < 4.78 is 38.6. The molecule has 9 heteroatoms. The Morgan fingerprint density at radius 2 is 1.73 bits per heavy atom. The Morgan fingerprint density at radius 3 is 2.23 bits per heavy atom. The first-order valence-corrected chi connectivity index (χ1v) is 9.31. The van der Waals surface area contributed by atoms with E-state index in [9.17, 15) is 18.3 Å². The van der Waals surface area contributed by atoms with Crippen LogP contribution in [0.2, 0.25) is 0 Å². The quantitative estimate of drug-likeness (QED) is 0.360. The van der Waals surface area contributed by atoms with Crippen molar-refractivity contribution in [2.45, 2.75) is 63.8 Å². The number of guanidine groups is 1. The molecular weight excluding hydrogens is 460 g/mol. The predicted octanol–water partition coefficient (Wildman–Crippen LogP) is 2.83.